The number of benzene rings is 1. The molecule has 4 nitrogen and oxygen atoms in total. The Bertz CT molecular complexity index is 465. The quantitative estimate of drug-likeness (QED) is 0.752. The molecule has 1 amide bonds. The Morgan fingerprint density at radius 3 is 2.60 bits per heavy atom. The van der Waals surface area contributed by atoms with Crippen molar-refractivity contribution in [3.63, 3.8) is 0 Å². The van der Waals surface area contributed by atoms with E-state index in [1.54, 1.807) is 13.2 Å². The van der Waals surface area contributed by atoms with Gasteiger partial charge in [-0.05, 0) is 25.0 Å². The highest BCUT2D eigenvalue weighted by Gasteiger charge is 2.22. The maximum Gasteiger partial charge on any atom is 0.244 e. The van der Waals surface area contributed by atoms with Gasteiger partial charge in [0.2, 0.25) is 5.91 Å². The van der Waals surface area contributed by atoms with E-state index < -0.39 is 5.60 Å². The van der Waals surface area contributed by atoms with Gasteiger partial charge in [0.15, 0.2) is 0 Å². The molecule has 0 saturated carbocycles. The van der Waals surface area contributed by atoms with Crippen molar-refractivity contribution < 1.29 is 14.6 Å². The van der Waals surface area contributed by atoms with Crippen molar-refractivity contribution in [1.82, 2.24) is 5.32 Å². The molecular weight excluding hydrogens is 254 g/mol. The van der Waals surface area contributed by atoms with Crippen LogP contribution in [0.4, 0.5) is 0 Å². The molecule has 1 rings (SSSR count). The molecule has 0 aliphatic rings. The molecule has 0 spiro atoms. The van der Waals surface area contributed by atoms with Crippen molar-refractivity contribution >= 4 is 12.0 Å². The molecule has 4 heteroatoms. The second-order valence-electron chi connectivity index (χ2n) is 4.72. The summed E-state index contributed by atoms with van der Waals surface area (Å²) in [7, 11) is 1.59. The minimum Gasteiger partial charge on any atom is -0.496 e. The minimum absolute atomic E-state index is 0.226. The van der Waals surface area contributed by atoms with E-state index in [1.165, 1.54) is 6.08 Å². The van der Waals surface area contributed by atoms with Crippen LogP contribution in [0.5, 0.6) is 5.75 Å². The molecule has 0 bridgehead atoms. The number of rotatable bonds is 7. The van der Waals surface area contributed by atoms with E-state index >= 15 is 0 Å². The number of hydrogen-bond donors (Lipinski definition) is 2. The third-order valence-electron chi connectivity index (χ3n) is 3.46. The highest BCUT2D eigenvalue weighted by molar-refractivity contribution is 5.92. The van der Waals surface area contributed by atoms with Crippen molar-refractivity contribution in [1.29, 1.82) is 0 Å². The summed E-state index contributed by atoms with van der Waals surface area (Å²) in [6.07, 6.45) is 4.37. The lowest BCUT2D eigenvalue weighted by Gasteiger charge is -2.24. The summed E-state index contributed by atoms with van der Waals surface area (Å²) < 4.78 is 5.20. The van der Waals surface area contributed by atoms with E-state index in [1.807, 2.05) is 38.1 Å². The van der Waals surface area contributed by atoms with Crippen LogP contribution in [0.1, 0.15) is 32.3 Å². The fraction of sp³-hybridized carbons (Fsp3) is 0.438. The van der Waals surface area contributed by atoms with Gasteiger partial charge < -0.3 is 15.2 Å². The average molecular weight is 277 g/mol. The Hall–Kier alpha value is -1.81. The van der Waals surface area contributed by atoms with E-state index in [-0.39, 0.29) is 12.5 Å². The van der Waals surface area contributed by atoms with Gasteiger partial charge in [-0.3, -0.25) is 4.79 Å². The van der Waals surface area contributed by atoms with Gasteiger partial charge in [0, 0.05) is 18.2 Å². The predicted octanol–water partition coefficient (Wildman–Crippen LogP) is 2.38. The molecule has 0 unspecified atom stereocenters. The van der Waals surface area contributed by atoms with Crippen LogP contribution in [-0.2, 0) is 4.79 Å². The first-order valence-electron chi connectivity index (χ1n) is 6.86. The summed E-state index contributed by atoms with van der Waals surface area (Å²) in [6.45, 7) is 4.07. The lowest BCUT2D eigenvalue weighted by Crippen LogP contribution is -2.41. The van der Waals surface area contributed by atoms with Gasteiger partial charge in [-0.15, -0.1) is 0 Å². The third-order valence-corrected chi connectivity index (χ3v) is 3.46. The topological polar surface area (TPSA) is 58.6 Å². The first-order chi connectivity index (χ1) is 9.54. The van der Waals surface area contributed by atoms with Crippen LogP contribution in [0.3, 0.4) is 0 Å². The zero-order chi connectivity index (χ0) is 15.0. The van der Waals surface area contributed by atoms with Crippen molar-refractivity contribution in [3.8, 4) is 5.75 Å². The number of amides is 1. The van der Waals surface area contributed by atoms with E-state index in [0.29, 0.717) is 12.8 Å². The minimum atomic E-state index is -0.825. The predicted molar refractivity (Wildman–Crippen MR) is 80.6 cm³/mol. The zero-order valence-corrected chi connectivity index (χ0v) is 12.3. The Balaban J connectivity index is 2.60. The fourth-order valence-electron chi connectivity index (χ4n) is 1.78. The lowest BCUT2D eigenvalue weighted by molar-refractivity contribution is -0.117. The molecule has 0 aromatic heterocycles. The zero-order valence-electron chi connectivity index (χ0n) is 12.3. The second-order valence-corrected chi connectivity index (χ2v) is 4.72. The van der Waals surface area contributed by atoms with Gasteiger partial charge in [0.25, 0.3) is 0 Å². The van der Waals surface area contributed by atoms with E-state index in [0.717, 1.165) is 11.3 Å². The Labute approximate surface area is 120 Å². The summed E-state index contributed by atoms with van der Waals surface area (Å²) >= 11 is 0. The van der Waals surface area contributed by atoms with Crippen LogP contribution < -0.4 is 10.1 Å². The third kappa shape index (κ3) is 4.70. The van der Waals surface area contributed by atoms with Gasteiger partial charge in [-0.1, -0.05) is 32.0 Å². The standard InChI is InChI=1S/C16H23NO3/c1-4-16(19,5-2)12-17-15(18)11-10-13-8-6-7-9-14(13)20-3/h6-11,19H,4-5,12H2,1-3H3,(H,17,18). The molecule has 1 aromatic rings. The first kappa shape index (κ1) is 16.2. The van der Waals surface area contributed by atoms with E-state index in [4.69, 9.17) is 4.74 Å². The van der Waals surface area contributed by atoms with Gasteiger partial charge in [-0.25, -0.2) is 0 Å². The number of ether oxygens (including phenoxy) is 1. The summed E-state index contributed by atoms with van der Waals surface area (Å²) in [5.74, 6) is 0.492. The van der Waals surface area contributed by atoms with Gasteiger partial charge in [0.1, 0.15) is 5.75 Å². The monoisotopic (exact) mass is 277 g/mol. The summed E-state index contributed by atoms with van der Waals surface area (Å²) in [5, 5.41) is 12.8. The number of aliphatic hydroxyl groups is 1. The molecule has 0 heterocycles. The molecule has 0 aliphatic carbocycles. The average Bonchev–Trinajstić information content (AvgIpc) is 2.50. The molecule has 20 heavy (non-hydrogen) atoms. The van der Waals surface area contributed by atoms with Crippen LogP contribution in [0, 0.1) is 0 Å². The van der Waals surface area contributed by atoms with Gasteiger partial charge in [-0.2, -0.15) is 0 Å². The van der Waals surface area contributed by atoms with Crippen molar-refractivity contribution in [2.75, 3.05) is 13.7 Å². The highest BCUT2D eigenvalue weighted by Crippen LogP contribution is 2.18. The van der Waals surface area contributed by atoms with Crippen molar-refractivity contribution in [2.24, 2.45) is 0 Å². The van der Waals surface area contributed by atoms with Crippen LogP contribution >= 0.6 is 0 Å². The maximum atomic E-state index is 11.7. The summed E-state index contributed by atoms with van der Waals surface area (Å²) in [6, 6.07) is 7.47. The molecule has 2 N–H and O–H groups in total. The van der Waals surface area contributed by atoms with Crippen LogP contribution in [-0.4, -0.2) is 30.3 Å². The molecule has 0 aliphatic heterocycles. The number of para-hydroxylation sites is 1. The summed E-state index contributed by atoms with van der Waals surface area (Å²) in [4.78, 5) is 11.7. The first-order valence-corrected chi connectivity index (χ1v) is 6.86. The van der Waals surface area contributed by atoms with Gasteiger partial charge in [0.05, 0.1) is 12.7 Å². The molecule has 0 saturated heterocycles. The molecule has 0 fully saturated rings. The van der Waals surface area contributed by atoms with Crippen LogP contribution in [0.25, 0.3) is 6.08 Å². The Kier molecular flexibility index (Phi) is 6.25. The van der Waals surface area contributed by atoms with Gasteiger partial charge >= 0.3 is 0 Å². The Morgan fingerprint density at radius 1 is 1.35 bits per heavy atom. The Morgan fingerprint density at radius 2 is 2.00 bits per heavy atom. The van der Waals surface area contributed by atoms with Crippen molar-refractivity contribution in [3.05, 3.63) is 35.9 Å². The molecule has 0 atom stereocenters. The smallest absolute Gasteiger partial charge is 0.244 e. The maximum absolute atomic E-state index is 11.7. The van der Waals surface area contributed by atoms with E-state index in [2.05, 4.69) is 5.32 Å². The fourth-order valence-corrected chi connectivity index (χ4v) is 1.78. The number of carbonyl (C=O) groups is 1. The molecular formula is C16H23NO3. The van der Waals surface area contributed by atoms with Crippen LogP contribution in [0.15, 0.2) is 30.3 Å². The normalized spacial score (nSPS) is 11.6. The second kappa shape index (κ2) is 7.70. The van der Waals surface area contributed by atoms with Crippen LogP contribution in [0.2, 0.25) is 0 Å². The SMILES string of the molecule is CCC(O)(CC)CNC(=O)C=Cc1ccccc1OC. The van der Waals surface area contributed by atoms with E-state index in [9.17, 15) is 9.90 Å². The largest absolute Gasteiger partial charge is 0.496 e. The molecule has 0 radical (unpaired) electrons. The molecule has 110 valence electrons. The number of nitrogens with one attached hydrogen (secondary N) is 1. The highest BCUT2D eigenvalue weighted by atomic mass is 16.5. The van der Waals surface area contributed by atoms with Crippen molar-refractivity contribution in [2.45, 2.75) is 32.3 Å². The number of methoxy groups -OCH3 is 1. The lowest BCUT2D eigenvalue weighted by atomic mass is 9.98. The number of carbonyl (C=O) groups excluding carboxylic acids is 1. The number of hydrogen-bond acceptors (Lipinski definition) is 3. The summed E-state index contributed by atoms with van der Waals surface area (Å²) in [5.41, 5.74) is 0.0138. The molecule has 1 aromatic carbocycles.